The van der Waals surface area contributed by atoms with Gasteiger partial charge in [-0.3, -0.25) is 14.4 Å². The molecule has 2 aliphatic heterocycles. The van der Waals surface area contributed by atoms with Crippen molar-refractivity contribution in [2.75, 3.05) is 19.6 Å². The number of amides is 2. The minimum absolute atomic E-state index is 0.154. The Bertz CT molecular complexity index is 910. The largest absolute Gasteiger partial charge is 0.481 e. The van der Waals surface area contributed by atoms with Gasteiger partial charge in [-0.1, -0.05) is 42.5 Å². The van der Waals surface area contributed by atoms with Gasteiger partial charge < -0.3 is 14.9 Å². The molecule has 0 spiro atoms. The number of rotatable bonds is 5. The van der Waals surface area contributed by atoms with E-state index in [0.717, 1.165) is 24.1 Å². The Labute approximate surface area is 169 Å². The van der Waals surface area contributed by atoms with E-state index in [2.05, 4.69) is 0 Å². The molecule has 2 saturated heterocycles. The van der Waals surface area contributed by atoms with E-state index >= 15 is 0 Å². The molecule has 0 aromatic heterocycles. The maximum Gasteiger partial charge on any atom is 0.308 e. The van der Waals surface area contributed by atoms with Gasteiger partial charge in [0.15, 0.2) is 0 Å². The minimum atomic E-state index is -0.875. The number of carboxylic acids is 1. The Morgan fingerprint density at radius 2 is 1.72 bits per heavy atom. The van der Waals surface area contributed by atoms with Crippen molar-refractivity contribution in [1.82, 2.24) is 9.80 Å². The lowest BCUT2D eigenvalue weighted by Crippen LogP contribution is -2.30. The third kappa shape index (κ3) is 4.01. The lowest BCUT2D eigenvalue weighted by molar-refractivity contribution is -0.141. The second-order valence-corrected chi connectivity index (χ2v) is 7.79. The number of carbonyl (C=O) groups excluding carboxylic acids is 2. The van der Waals surface area contributed by atoms with E-state index in [1.165, 1.54) is 0 Å². The van der Waals surface area contributed by atoms with Crippen LogP contribution >= 0.6 is 0 Å². The number of benzene rings is 2. The Balaban J connectivity index is 1.46. The van der Waals surface area contributed by atoms with Gasteiger partial charge in [0.25, 0.3) is 5.91 Å². The molecule has 0 bridgehead atoms. The van der Waals surface area contributed by atoms with Crippen LogP contribution in [-0.2, 0) is 16.1 Å². The van der Waals surface area contributed by atoms with Crippen molar-refractivity contribution in [3.63, 3.8) is 0 Å². The summed E-state index contributed by atoms with van der Waals surface area (Å²) in [7, 11) is 0. The number of hydrogen-bond donors (Lipinski definition) is 1. The Hall–Kier alpha value is -3.15. The topological polar surface area (TPSA) is 77.9 Å². The Morgan fingerprint density at radius 3 is 2.34 bits per heavy atom. The maximum absolute atomic E-state index is 13.0. The normalized spacial score (nSPS) is 21.6. The molecule has 4 rings (SSSR count). The molecule has 0 saturated carbocycles. The van der Waals surface area contributed by atoms with E-state index in [4.69, 9.17) is 0 Å². The highest BCUT2D eigenvalue weighted by Crippen LogP contribution is 2.33. The molecule has 2 aromatic carbocycles. The molecular weight excluding hydrogens is 368 g/mol. The van der Waals surface area contributed by atoms with E-state index in [9.17, 15) is 19.5 Å². The molecule has 29 heavy (non-hydrogen) atoms. The quantitative estimate of drug-likeness (QED) is 0.849. The standard InChI is InChI=1S/C23H24N2O4/c26-21-7-4-12-24(21)13-16-8-10-18(11-9-16)22(27)25-14-19(20(15-25)23(28)29)17-5-2-1-3-6-17/h1-3,5-6,8-11,19-20H,4,7,12-15H2,(H,28,29). The van der Waals surface area contributed by atoms with E-state index in [-0.39, 0.29) is 24.3 Å². The lowest BCUT2D eigenvalue weighted by Gasteiger charge is -2.18. The van der Waals surface area contributed by atoms with Crippen molar-refractivity contribution < 1.29 is 19.5 Å². The number of likely N-dealkylation sites (tertiary alicyclic amines) is 2. The highest BCUT2D eigenvalue weighted by Gasteiger charge is 2.40. The van der Waals surface area contributed by atoms with Crippen LogP contribution in [0.1, 0.15) is 40.2 Å². The summed E-state index contributed by atoms with van der Waals surface area (Å²) in [5.41, 5.74) is 2.48. The highest BCUT2D eigenvalue weighted by atomic mass is 16.4. The first kappa shape index (κ1) is 19.2. The van der Waals surface area contributed by atoms with Crippen LogP contribution in [0.3, 0.4) is 0 Å². The van der Waals surface area contributed by atoms with Gasteiger partial charge in [0, 0.05) is 44.1 Å². The Kier molecular flexibility index (Phi) is 5.34. The van der Waals surface area contributed by atoms with Gasteiger partial charge in [0.1, 0.15) is 0 Å². The van der Waals surface area contributed by atoms with Crippen molar-refractivity contribution >= 4 is 17.8 Å². The first-order valence-electron chi connectivity index (χ1n) is 9.96. The van der Waals surface area contributed by atoms with Crippen LogP contribution in [0.4, 0.5) is 0 Å². The molecule has 0 aliphatic carbocycles. The van der Waals surface area contributed by atoms with Crippen molar-refractivity contribution in [2.45, 2.75) is 25.3 Å². The summed E-state index contributed by atoms with van der Waals surface area (Å²) in [5, 5.41) is 9.64. The van der Waals surface area contributed by atoms with Crippen LogP contribution in [0.5, 0.6) is 0 Å². The van der Waals surface area contributed by atoms with Crippen LogP contribution in [0.2, 0.25) is 0 Å². The second kappa shape index (κ2) is 8.07. The highest BCUT2D eigenvalue weighted by molar-refractivity contribution is 5.95. The predicted molar refractivity (Wildman–Crippen MR) is 107 cm³/mol. The van der Waals surface area contributed by atoms with Crippen molar-refractivity contribution in [3.05, 3.63) is 71.3 Å². The van der Waals surface area contributed by atoms with Crippen molar-refractivity contribution in [3.8, 4) is 0 Å². The lowest BCUT2D eigenvalue weighted by atomic mass is 9.89. The number of carboxylic acid groups (broad SMARTS) is 1. The van der Waals surface area contributed by atoms with E-state index in [1.54, 1.807) is 17.0 Å². The van der Waals surface area contributed by atoms with Crippen molar-refractivity contribution in [2.24, 2.45) is 5.92 Å². The fraction of sp³-hybridized carbons (Fsp3) is 0.348. The summed E-state index contributed by atoms with van der Waals surface area (Å²) in [6.45, 7) is 1.94. The van der Waals surface area contributed by atoms with Crippen LogP contribution < -0.4 is 0 Å². The monoisotopic (exact) mass is 392 g/mol. The summed E-state index contributed by atoms with van der Waals surface area (Å²) in [6, 6.07) is 16.8. The Morgan fingerprint density at radius 1 is 1.00 bits per heavy atom. The molecule has 2 fully saturated rings. The molecule has 2 heterocycles. The molecule has 150 valence electrons. The zero-order valence-corrected chi connectivity index (χ0v) is 16.2. The summed E-state index contributed by atoms with van der Waals surface area (Å²) in [4.78, 5) is 40.0. The summed E-state index contributed by atoms with van der Waals surface area (Å²) in [5.74, 6) is -1.67. The fourth-order valence-electron chi connectivity index (χ4n) is 4.28. The smallest absolute Gasteiger partial charge is 0.308 e. The SMILES string of the molecule is O=C(O)C1CN(C(=O)c2ccc(CN3CCCC3=O)cc2)CC1c1ccccc1. The van der Waals surface area contributed by atoms with Crippen LogP contribution in [0.15, 0.2) is 54.6 Å². The number of aliphatic carboxylic acids is 1. The molecule has 2 aromatic rings. The maximum atomic E-state index is 13.0. The summed E-state index contributed by atoms with van der Waals surface area (Å²) < 4.78 is 0. The third-order valence-electron chi connectivity index (χ3n) is 5.90. The van der Waals surface area contributed by atoms with Gasteiger partial charge in [-0.25, -0.2) is 0 Å². The van der Waals surface area contributed by atoms with Gasteiger partial charge in [-0.2, -0.15) is 0 Å². The average molecular weight is 392 g/mol. The molecular formula is C23H24N2O4. The minimum Gasteiger partial charge on any atom is -0.481 e. The van der Waals surface area contributed by atoms with Crippen LogP contribution in [0.25, 0.3) is 0 Å². The molecule has 6 heteroatoms. The number of hydrogen-bond acceptors (Lipinski definition) is 3. The summed E-state index contributed by atoms with van der Waals surface area (Å²) >= 11 is 0. The van der Waals surface area contributed by atoms with Crippen molar-refractivity contribution in [1.29, 1.82) is 0 Å². The molecule has 6 nitrogen and oxygen atoms in total. The molecule has 2 unspecified atom stereocenters. The molecule has 1 N–H and O–H groups in total. The number of carbonyl (C=O) groups is 3. The van der Waals surface area contributed by atoms with Gasteiger partial charge >= 0.3 is 5.97 Å². The van der Waals surface area contributed by atoms with E-state index in [1.807, 2.05) is 47.4 Å². The first-order valence-corrected chi connectivity index (χ1v) is 9.96. The predicted octanol–water partition coefficient (Wildman–Crippen LogP) is 2.75. The van der Waals surface area contributed by atoms with E-state index in [0.29, 0.717) is 25.1 Å². The third-order valence-corrected chi connectivity index (χ3v) is 5.90. The summed E-state index contributed by atoms with van der Waals surface area (Å²) in [6.07, 6.45) is 1.51. The van der Waals surface area contributed by atoms with Gasteiger partial charge in [-0.05, 0) is 29.7 Å². The van der Waals surface area contributed by atoms with Crippen LogP contribution in [-0.4, -0.2) is 52.3 Å². The molecule has 0 radical (unpaired) electrons. The zero-order valence-electron chi connectivity index (χ0n) is 16.2. The second-order valence-electron chi connectivity index (χ2n) is 7.79. The zero-order chi connectivity index (χ0) is 20.4. The van der Waals surface area contributed by atoms with Gasteiger partial charge in [-0.15, -0.1) is 0 Å². The average Bonchev–Trinajstić information content (AvgIpc) is 3.36. The van der Waals surface area contributed by atoms with Crippen LogP contribution in [0, 0.1) is 5.92 Å². The molecule has 2 atom stereocenters. The molecule has 2 aliphatic rings. The van der Waals surface area contributed by atoms with Gasteiger partial charge in [0.05, 0.1) is 5.92 Å². The fourth-order valence-corrected chi connectivity index (χ4v) is 4.28. The molecule has 2 amide bonds. The van der Waals surface area contributed by atoms with Gasteiger partial charge in [0.2, 0.25) is 5.91 Å². The number of nitrogens with zero attached hydrogens (tertiary/aromatic N) is 2. The van der Waals surface area contributed by atoms with E-state index < -0.39 is 11.9 Å². The first-order chi connectivity index (χ1) is 14.0.